The van der Waals surface area contributed by atoms with Gasteiger partial charge in [-0.05, 0) is 25.1 Å². The second kappa shape index (κ2) is 4.89. The second-order valence-electron chi connectivity index (χ2n) is 4.40. The molecule has 0 spiro atoms. The van der Waals surface area contributed by atoms with Crippen LogP contribution in [0.4, 0.5) is 11.4 Å². The standard InChI is InChI=1S/C13H17N3S/c1-9-10(2)17-6-5-16(9)13-4-3-11(8-14)7-12(13)15/h3-4,7,9-10H,5-6,15H2,1-2H3. The van der Waals surface area contributed by atoms with E-state index in [1.54, 1.807) is 6.07 Å². The minimum absolute atomic E-state index is 0.476. The van der Waals surface area contributed by atoms with Crippen LogP contribution in [0.2, 0.25) is 0 Å². The van der Waals surface area contributed by atoms with Crippen LogP contribution in [0.3, 0.4) is 0 Å². The molecule has 17 heavy (non-hydrogen) atoms. The first-order valence-electron chi connectivity index (χ1n) is 5.81. The fourth-order valence-corrected chi connectivity index (χ4v) is 3.26. The van der Waals surface area contributed by atoms with Gasteiger partial charge in [0.25, 0.3) is 0 Å². The van der Waals surface area contributed by atoms with Gasteiger partial charge in [0.05, 0.1) is 23.0 Å². The summed E-state index contributed by atoms with van der Waals surface area (Å²) in [5.74, 6) is 1.13. The first-order valence-corrected chi connectivity index (χ1v) is 6.86. The topological polar surface area (TPSA) is 53.0 Å². The SMILES string of the molecule is CC1SCCN(c2ccc(C#N)cc2N)C1C. The summed E-state index contributed by atoms with van der Waals surface area (Å²) in [7, 11) is 0. The van der Waals surface area contributed by atoms with Crippen LogP contribution < -0.4 is 10.6 Å². The quantitative estimate of drug-likeness (QED) is 0.775. The minimum Gasteiger partial charge on any atom is -0.397 e. The lowest BCUT2D eigenvalue weighted by Gasteiger charge is -2.39. The van der Waals surface area contributed by atoms with Gasteiger partial charge in [0.15, 0.2) is 0 Å². The molecule has 4 heteroatoms. The lowest BCUT2D eigenvalue weighted by atomic mass is 10.1. The summed E-state index contributed by atoms with van der Waals surface area (Å²) in [4.78, 5) is 2.34. The highest BCUT2D eigenvalue weighted by Gasteiger charge is 2.26. The first kappa shape index (κ1) is 12.1. The van der Waals surface area contributed by atoms with Crippen LogP contribution in [0.1, 0.15) is 19.4 Å². The maximum absolute atomic E-state index is 8.83. The Bertz CT molecular complexity index is 452. The van der Waals surface area contributed by atoms with Crippen molar-refractivity contribution in [2.75, 3.05) is 22.9 Å². The number of hydrogen-bond donors (Lipinski definition) is 1. The molecule has 1 aromatic carbocycles. The average molecular weight is 247 g/mol. The van der Waals surface area contributed by atoms with Gasteiger partial charge in [-0.15, -0.1) is 0 Å². The molecular weight excluding hydrogens is 230 g/mol. The van der Waals surface area contributed by atoms with E-state index in [1.165, 1.54) is 0 Å². The molecule has 90 valence electrons. The van der Waals surface area contributed by atoms with Gasteiger partial charge < -0.3 is 10.6 Å². The van der Waals surface area contributed by atoms with E-state index in [9.17, 15) is 0 Å². The van der Waals surface area contributed by atoms with Crippen LogP contribution in [0.25, 0.3) is 0 Å². The summed E-state index contributed by atoms with van der Waals surface area (Å²) in [5.41, 5.74) is 8.42. The Hall–Kier alpha value is -1.34. The number of benzene rings is 1. The van der Waals surface area contributed by atoms with Crippen molar-refractivity contribution in [3.63, 3.8) is 0 Å². The van der Waals surface area contributed by atoms with Gasteiger partial charge in [0.2, 0.25) is 0 Å². The third-order valence-corrected chi connectivity index (χ3v) is 4.69. The van der Waals surface area contributed by atoms with E-state index in [4.69, 9.17) is 11.0 Å². The molecule has 1 aliphatic rings. The zero-order valence-electron chi connectivity index (χ0n) is 10.2. The summed E-state index contributed by atoms with van der Waals surface area (Å²) in [6, 6.07) is 8.15. The van der Waals surface area contributed by atoms with E-state index < -0.39 is 0 Å². The van der Waals surface area contributed by atoms with Crippen molar-refractivity contribution < 1.29 is 0 Å². The molecule has 0 amide bonds. The highest BCUT2D eigenvalue weighted by Crippen LogP contribution is 2.32. The van der Waals surface area contributed by atoms with Gasteiger partial charge in [0, 0.05) is 23.6 Å². The number of thioether (sulfide) groups is 1. The molecule has 1 saturated heterocycles. The number of nitriles is 1. The van der Waals surface area contributed by atoms with Crippen molar-refractivity contribution >= 4 is 23.1 Å². The van der Waals surface area contributed by atoms with Crippen LogP contribution in [0.5, 0.6) is 0 Å². The Morgan fingerprint density at radius 1 is 1.47 bits per heavy atom. The molecule has 2 unspecified atom stereocenters. The van der Waals surface area contributed by atoms with Crippen molar-refractivity contribution in [2.24, 2.45) is 0 Å². The van der Waals surface area contributed by atoms with E-state index in [-0.39, 0.29) is 0 Å². The molecule has 1 aliphatic heterocycles. The predicted molar refractivity (Wildman–Crippen MR) is 74.3 cm³/mol. The maximum Gasteiger partial charge on any atom is 0.0992 e. The average Bonchev–Trinajstić information content (AvgIpc) is 2.33. The monoisotopic (exact) mass is 247 g/mol. The second-order valence-corrected chi connectivity index (χ2v) is 5.88. The van der Waals surface area contributed by atoms with Crippen LogP contribution in [-0.2, 0) is 0 Å². The summed E-state index contributed by atoms with van der Waals surface area (Å²) in [6.45, 7) is 5.50. The van der Waals surface area contributed by atoms with Crippen molar-refractivity contribution in [3.8, 4) is 6.07 Å². The molecule has 3 nitrogen and oxygen atoms in total. The number of rotatable bonds is 1. The van der Waals surface area contributed by atoms with Gasteiger partial charge in [-0.1, -0.05) is 6.92 Å². The molecular formula is C13H17N3S. The van der Waals surface area contributed by atoms with Crippen LogP contribution in [0, 0.1) is 11.3 Å². The fourth-order valence-electron chi connectivity index (χ4n) is 2.16. The summed E-state index contributed by atoms with van der Waals surface area (Å²) < 4.78 is 0. The zero-order chi connectivity index (χ0) is 12.4. The summed E-state index contributed by atoms with van der Waals surface area (Å²) in [6.07, 6.45) is 0. The minimum atomic E-state index is 0.476. The predicted octanol–water partition coefficient (Wildman–Crippen LogP) is 2.47. The van der Waals surface area contributed by atoms with Crippen LogP contribution in [0.15, 0.2) is 18.2 Å². The fraction of sp³-hybridized carbons (Fsp3) is 0.462. The third kappa shape index (κ3) is 2.34. The lowest BCUT2D eigenvalue weighted by molar-refractivity contribution is 0.628. The van der Waals surface area contributed by atoms with Crippen molar-refractivity contribution in [1.29, 1.82) is 5.26 Å². The van der Waals surface area contributed by atoms with Crippen LogP contribution in [-0.4, -0.2) is 23.6 Å². The van der Waals surface area contributed by atoms with Gasteiger partial charge in [-0.2, -0.15) is 17.0 Å². The number of nitrogen functional groups attached to an aromatic ring is 1. The zero-order valence-corrected chi connectivity index (χ0v) is 11.0. The van der Waals surface area contributed by atoms with Crippen molar-refractivity contribution in [2.45, 2.75) is 25.1 Å². The molecule has 2 rings (SSSR count). The van der Waals surface area contributed by atoms with E-state index in [1.807, 2.05) is 23.9 Å². The number of anilines is 2. The molecule has 0 saturated carbocycles. The van der Waals surface area contributed by atoms with Gasteiger partial charge in [-0.3, -0.25) is 0 Å². The molecule has 1 aromatic rings. The van der Waals surface area contributed by atoms with E-state index >= 15 is 0 Å². The highest BCUT2D eigenvalue weighted by atomic mass is 32.2. The smallest absolute Gasteiger partial charge is 0.0992 e. The van der Waals surface area contributed by atoms with Gasteiger partial charge in [0.1, 0.15) is 0 Å². The molecule has 1 heterocycles. The van der Waals surface area contributed by atoms with Crippen molar-refractivity contribution in [1.82, 2.24) is 0 Å². The van der Waals surface area contributed by atoms with Crippen LogP contribution >= 0.6 is 11.8 Å². The Morgan fingerprint density at radius 3 is 2.88 bits per heavy atom. The van der Waals surface area contributed by atoms with E-state index in [0.29, 0.717) is 22.5 Å². The Morgan fingerprint density at radius 2 is 2.24 bits per heavy atom. The van der Waals surface area contributed by atoms with E-state index in [2.05, 4.69) is 24.8 Å². The van der Waals surface area contributed by atoms with Gasteiger partial charge in [-0.25, -0.2) is 0 Å². The molecule has 2 N–H and O–H groups in total. The lowest BCUT2D eigenvalue weighted by Crippen LogP contribution is -2.45. The molecule has 0 aliphatic carbocycles. The molecule has 1 fully saturated rings. The summed E-state index contributed by atoms with van der Waals surface area (Å²) in [5, 5.41) is 9.44. The third-order valence-electron chi connectivity index (χ3n) is 3.35. The normalized spacial score (nSPS) is 24.4. The molecule has 2 atom stereocenters. The molecule has 0 bridgehead atoms. The number of hydrogen-bond acceptors (Lipinski definition) is 4. The summed E-state index contributed by atoms with van der Waals surface area (Å²) >= 11 is 2.00. The van der Waals surface area contributed by atoms with Gasteiger partial charge >= 0.3 is 0 Å². The Labute approximate surface area is 107 Å². The molecule has 0 radical (unpaired) electrons. The largest absolute Gasteiger partial charge is 0.397 e. The Balaban J connectivity index is 2.31. The maximum atomic E-state index is 8.83. The van der Waals surface area contributed by atoms with E-state index in [0.717, 1.165) is 18.0 Å². The first-order chi connectivity index (χ1) is 8.13. The Kier molecular flexibility index (Phi) is 3.49. The molecule has 0 aromatic heterocycles. The number of nitrogens with zero attached hydrogens (tertiary/aromatic N) is 2. The van der Waals surface area contributed by atoms with Crippen molar-refractivity contribution in [3.05, 3.63) is 23.8 Å². The number of nitrogens with two attached hydrogens (primary N) is 1. The highest BCUT2D eigenvalue weighted by molar-refractivity contribution is 8.00.